The highest BCUT2D eigenvalue weighted by atomic mass is 32.2. The largest absolute Gasteiger partial charge is 0.496 e. The molecule has 0 atom stereocenters. The van der Waals surface area contributed by atoms with Crippen LogP contribution >= 0.6 is 24.0 Å². The van der Waals surface area contributed by atoms with Crippen LogP contribution in [0.2, 0.25) is 0 Å². The van der Waals surface area contributed by atoms with Crippen LogP contribution in [0.3, 0.4) is 0 Å². The van der Waals surface area contributed by atoms with Gasteiger partial charge in [0.2, 0.25) is 0 Å². The quantitative estimate of drug-likeness (QED) is 0.325. The summed E-state index contributed by atoms with van der Waals surface area (Å²) in [4.78, 5) is 34.7. The first-order chi connectivity index (χ1) is 13.3. The van der Waals surface area contributed by atoms with Crippen molar-refractivity contribution in [2.45, 2.75) is 0 Å². The van der Waals surface area contributed by atoms with Crippen LogP contribution < -0.4 is 4.74 Å². The topological polar surface area (TPSA) is 123 Å². The van der Waals surface area contributed by atoms with Gasteiger partial charge in [0.15, 0.2) is 0 Å². The van der Waals surface area contributed by atoms with E-state index < -0.39 is 23.3 Å². The monoisotopic (exact) mass is 420 g/mol. The van der Waals surface area contributed by atoms with Crippen molar-refractivity contribution in [1.29, 1.82) is 0 Å². The van der Waals surface area contributed by atoms with Crippen molar-refractivity contribution in [2.75, 3.05) is 13.7 Å². The highest BCUT2D eigenvalue weighted by Gasteiger charge is 2.33. The number of nitro groups is 1. The summed E-state index contributed by atoms with van der Waals surface area (Å²) in [6.07, 6.45) is 1.46. The van der Waals surface area contributed by atoms with Crippen LogP contribution in [0.5, 0.6) is 5.75 Å². The van der Waals surface area contributed by atoms with Gasteiger partial charge in [-0.15, -0.1) is 0 Å². The van der Waals surface area contributed by atoms with Crippen LogP contribution in [-0.4, -0.2) is 44.8 Å². The van der Waals surface area contributed by atoms with Crippen LogP contribution in [0.15, 0.2) is 39.7 Å². The average Bonchev–Trinajstić information content (AvgIpc) is 3.21. The molecule has 0 radical (unpaired) electrons. The predicted octanol–water partition coefficient (Wildman–Crippen LogP) is 3.15. The first kappa shape index (κ1) is 19.6. The van der Waals surface area contributed by atoms with Gasteiger partial charge in [0.25, 0.3) is 11.6 Å². The van der Waals surface area contributed by atoms with Gasteiger partial charge in [-0.25, -0.2) is 0 Å². The number of carbonyl (C=O) groups is 2. The molecule has 1 aliphatic rings. The zero-order valence-electron chi connectivity index (χ0n) is 14.3. The third-order valence-electron chi connectivity index (χ3n) is 3.73. The molecule has 0 bridgehead atoms. The molecule has 0 unspecified atom stereocenters. The van der Waals surface area contributed by atoms with E-state index in [2.05, 4.69) is 0 Å². The van der Waals surface area contributed by atoms with Gasteiger partial charge in [-0.2, -0.15) is 0 Å². The minimum Gasteiger partial charge on any atom is -0.496 e. The number of hydrogen-bond donors (Lipinski definition) is 1. The molecule has 1 N–H and O–H groups in total. The Kier molecular flexibility index (Phi) is 5.47. The Morgan fingerprint density at radius 3 is 2.82 bits per heavy atom. The molecule has 11 heteroatoms. The van der Waals surface area contributed by atoms with Gasteiger partial charge in [-0.1, -0.05) is 24.0 Å². The maximum Gasteiger partial charge on any atom is 0.323 e. The van der Waals surface area contributed by atoms with Gasteiger partial charge in [-0.3, -0.25) is 24.6 Å². The first-order valence-corrected chi connectivity index (χ1v) is 8.92. The predicted molar refractivity (Wildman–Crippen MR) is 105 cm³/mol. The normalized spacial score (nSPS) is 15.3. The van der Waals surface area contributed by atoms with Crippen molar-refractivity contribution in [3.05, 3.63) is 51.1 Å². The number of thiocarbonyl (C=S) groups is 1. The molecule has 1 aliphatic heterocycles. The molecule has 0 aliphatic carbocycles. The smallest absolute Gasteiger partial charge is 0.323 e. The third-order valence-corrected chi connectivity index (χ3v) is 5.11. The van der Waals surface area contributed by atoms with Crippen molar-refractivity contribution in [1.82, 2.24) is 4.90 Å². The molecule has 1 fully saturated rings. The van der Waals surface area contributed by atoms with Crippen molar-refractivity contribution >= 4 is 51.9 Å². The number of carbonyl (C=O) groups excluding carboxylic acids is 1. The van der Waals surface area contributed by atoms with Crippen LogP contribution in [0.1, 0.15) is 5.76 Å². The Morgan fingerprint density at radius 1 is 1.43 bits per heavy atom. The summed E-state index contributed by atoms with van der Waals surface area (Å²) in [5, 5.41) is 19.8. The Bertz CT molecular complexity index is 1030. The molecule has 0 saturated carbocycles. The Hall–Kier alpha value is -3.18. The van der Waals surface area contributed by atoms with Gasteiger partial charge in [-0.05, 0) is 18.2 Å². The lowest BCUT2D eigenvalue weighted by Gasteiger charge is -2.09. The lowest BCUT2D eigenvalue weighted by molar-refractivity contribution is -0.384. The molecule has 1 aromatic heterocycles. The second-order valence-electron chi connectivity index (χ2n) is 5.51. The standard InChI is InChI=1S/C17H12N2O7S2/c1-25-13-6-9(19(23)24)2-4-11(13)12-5-3-10(26-12)7-14-16(22)18(8-15(20)21)17(27)28-14/h2-7H,8H2,1H3,(H,20,21). The average molecular weight is 420 g/mol. The Balaban J connectivity index is 1.88. The molecule has 28 heavy (non-hydrogen) atoms. The number of furan rings is 1. The number of methoxy groups -OCH3 is 1. The highest BCUT2D eigenvalue weighted by Crippen LogP contribution is 2.36. The summed E-state index contributed by atoms with van der Waals surface area (Å²) < 4.78 is 11.1. The zero-order valence-corrected chi connectivity index (χ0v) is 15.9. The van der Waals surface area contributed by atoms with Crippen LogP contribution in [0.25, 0.3) is 17.4 Å². The summed E-state index contributed by atoms with van der Waals surface area (Å²) in [7, 11) is 1.39. The van der Waals surface area contributed by atoms with Crippen LogP contribution in [-0.2, 0) is 9.59 Å². The molecule has 2 aromatic rings. The number of thioether (sulfide) groups is 1. The molecule has 144 valence electrons. The summed E-state index contributed by atoms with van der Waals surface area (Å²) in [5.41, 5.74) is 0.390. The first-order valence-electron chi connectivity index (χ1n) is 7.70. The maximum atomic E-state index is 12.3. The number of aliphatic carboxylic acids is 1. The van der Waals surface area contributed by atoms with Crippen molar-refractivity contribution in [3.63, 3.8) is 0 Å². The fourth-order valence-corrected chi connectivity index (χ4v) is 3.71. The molecule has 3 rings (SSSR count). The summed E-state index contributed by atoms with van der Waals surface area (Å²) in [5.74, 6) is -0.681. The number of amides is 1. The van der Waals surface area contributed by atoms with Gasteiger partial charge in [0.05, 0.1) is 28.6 Å². The van der Waals surface area contributed by atoms with E-state index in [9.17, 15) is 19.7 Å². The number of ether oxygens (including phenoxy) is 1. The minimum atomic E-state index is -1.16. The van der Waals surface area contributed by atoms with E-state index in [0.717, 1.165) is 16.7 Å². The summed E-state index contributed by atoms with van der Waals surface area (Å²) in [6.45, 7) is -0.509. The molecule has 1 amide bonds. The molecule has 9 nitrogen and oxygen atoms in total. The van der Waals surface area contributed by atoms with Crippen LogP contribution in [0, 0.1) is 10.1 Å². The molecule has 1 saturated heterocycles. The molecular formula is C17H12N2O7S2. The lowest BCUT2D eigenvalue weighted by Crippen LogP contribution is -2.33. The molecule has 1 aromatic carbocycles. The number of hydrogen-bond acceptors (Lipinski definition) is 8. The molecular weight excluding hydrogens is 408 g/mol. The van der Waals surface area contributed by atoms with E-state index in [1.807, 2.05) is 0 Å². The number of nitro benzene ring substituents is 1. The van der Waals surface area contributed by atoms with Gasteiger partial charge in [0, 0.05) is 12.1 Å². The number of carboxylic acids is 1. The SMILES string of the molecule is COc1cc([N+](=O)[O-])ccc1-c1ccc(C=C2SC(=S)N(CC(=O)O)C2=O)o1. The van der Waals surface area contributed by atoms with Crippen LogP contribution in [0.4, 0.5) is 5.69 Å². The molecule has 0 spiro atoms. The van der Waals surface area contributed by atoms with Gasteiger partial charge in [0.1, 0.15) is 28.1 Å². The summed E-state index contributed by atoms with van der Waals surface area (Å²) in [6, 6.07) is 7.37. The zero-order chi connectivity index (χ0) is 20.4. The molecule has 2 heterocycles. The number of carboxylic acid groups (broad SMARTS) is 1. The summed E-state index contributed by atoms with van der Waals surface area (Å²) >= 11 is 6.02. The number of nitrogens with zero attached hydrogens (tertiary/aromatic N) is 2. The highest BCUT2D eigenvalue weighted by molar-refractivity contribution is 8.26. The third kappa shape index (κ3) is 3.89. The van der Waals surface area contributed by atoms with Crippen molar-refractivity contribution in [3.8, 4) is 17.1 Å². The fraction of sp³-hybridized carbons (Fsp3) is 0.118. The van der Waals surface area contributed by atoms with E-state index in [1.165, 1.54) is 31.4 Å². The Labute approximate surface area is 167 Å². The number of non-ortho nitro benzene ring substituents is 1. The van der Waals surface area contributed by atoms with E-state index in [1.54, 1.807) is 12.1 Å². The van der Waals surface area contributed by atoms with E-state index in [0.29, 0.717) is 17.1 Å². The number of rotatable bonds is 6. The Morgan fingerprint density at radius 2 is 2.18 bits per heavy atom. The lowest BCUT2D eigenvalue weighted by atomic mass is 10.1. The minimum absolute atomic E-state index is 0.116. The van der Waals surface area contributed by atoms with Gasteiger partial charge < -0.3 is 14.3 Å². The van der Waals surface area contributed by atoms with Crippen molar-refractivity contribution < 1.29 is 28.8 Å². The van der Waals surface area contributed by atoms with E-state index in [4.69, 9.17) is 26.5 Å². The fourth-order valence-electron chi connectivity index (χ4n) is 2.47. The van der Waals surface area contributed by atoms with Gasteiger partial charge >= 0.3 is 5.97 Å². The maximum absolute atomic E-state index is 12.3. The number of benzene rings is 1. The van der Waals surface area contributed by atoms with E-state index >= 15 is 0 Å². The second-order valence-corrected chi connectivity index (χ2v) is 7.18. The van der Waals surface area contributed by atoms with E-state index in [-0.39, 0.29) is 20.7 Å². The second kappa shape index (κ2) is 7.82. The van der Waals surface area contributed by atoms with Crippen molar-refractivity contribution in [2.24, 2.45) is 0 Å².